The molecule has 20 heavy (non-hydrogen) atoms. The standard InChI is InChI=1S/C13H12N4O3/c1-9(19)10-3-2-4-11(5-10)14-13(20)7-17-6-12(8-18)15-16-17/h2-6,8H,7H2,1H3,(H,14,20). The van der Waals surface area contributed by atoms with E-state index in [-0.39, 0.29) is 23.9 Å². The Balaban J connectivity index is 2.02. The second-order valence-electron chi connectivity index (χ2n) is 4.14. The van der Waals surface area contributed by atoms with Gasteiger partial charge in [0.25, 0.3) is 0 Å². The average molecular weight is 272 g/mol. The fraction of sp³-hybridized carbons (Fsp3) is 0.154. The number of carbonyl (C=O) groups excluding carboxylic acids is 3. The first-order valence-corrected chi connectivity index (χ1v) is 5.84. The van der Waals surface area contributed by atoms with E-state index in [4.69, 9.17) is 0 Å². The number of aldehydes is 1. The van der Waals surface area contributed by atoms with Crippen molar-refractivity contribution >= 4 is 23.7 Å². The average Bonchev–Trinajstić information content (AvgIpc) is 2.86. The molecule has 1 aromatic heterocycles. The predicted octanol–water partition coefficient (Wildman–Crippen LogP) is 0.932. The zero-order chi connectivity index (χ0) is 14.5. The van der Waals surface area contributed by atoms with E-state index in [0.717, 1.165) is 0 Å². The van der Waals surface area contributed by atoms with Gasteiger partial charge in [0.1, 0.15) is 12.2 Å². The number of ketones is 1. The van der Waals surface area contributed by atoms with Crippen LogP contribution in [0, 0.1) is 0 Å². The first-order chi connectivity index (χ1) is 9.58. The van der Waals surface area contributed by atoms with E-state index in [9.17, 15) is 14.4 Å². The predicted molar refractivity (Wildman–Crippen MR) is 70.5 cm³/mol. The molecular weight excluding hydrogens is 260 g/mol. The highest BCUT2D eigenvalue weighted by atomic mass is 16.2. The third-order valence-electron chi connectivity index (χ3n) is 2.54. The van der Waals surface area contributed by atoms with Crippen LogP contribution in [0.5, 0.6) is 0 Å². The zero-order valence-corrected chi connectivity index (χ0v) is 10.7. The molecule has 0 saturated heterocycles. The first kappa shape index (κ1) is 13.6. The lowest BCUT2D eigenvalue weighted by atomic mass is 10.1. The Hall–Kier alpha value is -2.83. The minimum Gasteiger partial charge on any atom is -0.324 e. The quantitative estimate of drug-likeness (QED) is 0.645. The molecule has 1 amide bonds. The van der Waals surface area contributed by atoms with E-state index < -0.39 is 0 Å². The van der Waals surface area contributed by atoms with Crippen molar-refractivity contribution in [3.63, 3.8) is 0 Å². The van der Waals surface area contributed by atoms with Gasteiger partial charge >= 0.3 is 0 Å². The molecule has 7 nitrogen and oxygen atoms in total. The van der Waals surface area contributed by atoms with Crippen LogP contribution in [-0.4, -0.2) is 33.0 Å². The third-order valence-corrected chi connectivity index (χ3v) is 2.54. The summed E-state index contributed by atoms with van der Waals surface area (Å²) in [5.74, 6) is -0.402. The number of anilines is 1. The molecule has 0 spiro atoms. The van der Waals surface area contributed by atoms with Gasteiger partial charge in [-0.1, -0.05) is 17.3 Å². The molecule has 102 valence electrons. The van der Waals surface area contributed by atoms with E-state index in [0.29, 0.717) is 17.5 Å². The summed E-state index contributed by atoms with van der Waals surface area (Å²) >= 11 is 0. The maximum absolute atomic E-state index is 11.8. The van der Waals surface area contributed by atoms with Crippen molar-refractivity contribution in [1.82, 2.24) is 15.0 Å². The summed E-state index contributed by atoms with van der Waals surface area (Å²) in [5.41, 5.74) is 1.21. The summed E-state index contributed by atoms with van der Waals surface area (Å²) in [6, 6.07) is 6.64. The van der Waals surface area contributed by atoms with Crippen molar-refractivity contribution < 1.29 is 14.4 Å². The minimum atomic E-state index is -0.326. The lowest BCUT2D eigenvalue weighted by Gasteiger charge is -2.06. The van der Waals surface area contributed by atoms with E-state index in [2.05, 4.69) is 15.6 Å². The van der Waals surface area contributed by atoms with Crippen LogP contribution in [0.2, 0.25) is 0 Å². The Morgan fingerprint density at radius 1 is 1.40 bits per heavy atom. The Bertz CT molecular complexity index is 663. The summed E-state index contributed by atoms with van der Waals surface area (Å²) in [6.45, 7) is 1.39. The Morgan fingerprint density at radius 3 is 2.85 bits per heavy atom. The molecule has 0 unspecified atom stereocenters. The Morgan fingerprint density at radius 2 is 2.20 bits per heavy atom. The topological polar surface area (TPSA) is 94.0 Å². The van der Waals surface area contributed by atoms with E-state index in [1.54, 1.807) is 24.3 Å². The van der Waals surface area contributed by atoms with Crippen LogP contribution in [0.3, 0.4) is 0 Å². The lowest BCUT2D eigenvalue weighted by Crippen LogP contribution is -2.19. The van der Waals surface area contributed by atoms with Crippen molar-refractivity contribution in [3.8, 4) is 0 Å². The van der Waals surface area contributed by atoms with E-state index in [1.807, 2.05) is 0 Å². The van der Waals surface area contributed by atoms with Crippen LogP contribution in [0.15, 0.2) is 30.5 Å². The minimum absolute atomic E-state index is 0.0643. The van der Waals surface area contributed by atoms with Crippen LogP contribution in [0.1, 0.15) is 27.8 Å². The SMILES string of the molecule is CC(=O)c1cccc(NC(=O)Cn2cc(C=O)nn2)c1. The number of nitrogens with one attached hydrogen (secondary N) is 1. The highest BCUT2D eigenvalue weighted by Gasteiger charge is 2.07. The molecular formula is C13H12N4O3. The molecule has 0 atom stereocenters. The van der Waals surface area contributed by atoms with Crippen LogP contribution >= 0.6 is 0 Å². The van der Waals surface area contributed by atoms with Crippen molar-refractivity contribution in [1.29, 1.82) is 0 Å². The van der Waals surface area contributed by atoms with Crippen molar-refractivity contribution in [2.45, 2.75) is 13.5 Å². The largest absolute Gasteiger partial charge is 0.324 e. The van der Waals surface area contributed by atoms with Gasteiger partial charge in [-0.05, 0) is 19.1 Å². The molecule has 1 N–H and O–H groups in total. The van der Waals surface area contributed by atoms with E-state index >= 15 is 0 Å². The molecule has 0 bridgehead atoms. The number of benzene rings is 1. The summed E-state index contributed by atoms with van der Waals surface area (Å²) in [5, 5.41) is 9.83. The third kappa shape index (κ3) is 3.35. The molecule has 1 aromatic carbocycles. The fourth-order valence-corrected chi connectivity index (χ4v) is 1.61. The summed E-state index contributed by atoms with van der Waals surface area (Å²) in [7, 11) is 0. The molecule has 1 heterocycles. The van der Waals surface area contributed by atoms with Crippen LogP contribution < -0.4 is 5.32 Å². The van der Waals surface area contributed by atoms with Crippen molar-refractivity contribution in [2.75, 3.05) is 5.32 Å². The summed E-state index contributed by atoms with van der Waals surface area (Å²) < 4.78 is 1.26. The zero-order valence-electron chi connectivity index (χ0n) is 10.7. The number of aromatic nitrogens is 3. The van der Waals surface area contributed by atoms with Gasteiger partial charge in [0.05, 0.1) is 6.20 Å². The van der Waals surface area contributed by atoms with Gasteiger partial charge in [-0.3, -0.25) is 14.4 Å². The molecule has 0 aliphatic rings. The number of Topliss-reactive ketones (excluding diaryl/α,β-unsaturated/α-hetero) is 1. The summed E-state index contributed by atoms with van der Waals surface area (Å²) in [4.78, 5) is 33.5. The number of hydrogen-bond acceptors (Lipinski definition) is 5. The Kier molecular flexibility index (Phi) is 3.99. The van der Waals surface area contributed by atoms with Crippen molar-refractivity contribution in [2.24, 2.45) is 0 Å². The maximum atomic E-state index is 11.8. The van der Waals surface area contributed by atoms with E-state index in [1.165, 1.54) is 17.8 Å². The van der Waals surface area contributed by atoms with Gasteiger partial charge in [-0.25, -0.2) is 4.68 Å². The highest BCUT2D eigenvalue weighted by molar-refractivity contribution is 5.97. The molecule has 2 aromatic rings. The van der Waals surface area contributed by atoms with Gasteiger partial charge in [-0.15, -0.1) is 5.10 Å². The first-order valence-electron chi connectivity index (χ1n) is 5.84. The van der Waals surface area contributed by atoms with Gasteiger partial charge in [-0.2, -0.15) is 0 Å². The lowest BCUT2D eigenvalue weighted by molar-refractivity contribution is -0.116. The second-order valence-corrected chi connectivity index (χ2v) is 4.14. The van der Waals surface area contributed by atoms with Gasteiger partial charge in [0, 0.05) is 11.3 Å². The maximum Gasteiger partial charge on any atom is 0.246 e. The van der Waals surface area contributed by atoms with Crippen LogP contribution in [0.25, 0.3) is 0 Å². The molecule has 0 fully saturated rings. The molecule has 0 aliphatic carbocycles. The van der Waals surface area contributed by atoms with Gasteiger partial charge < -0.3 is 5.32 Å². The molecule has 0 radical (unpaired) electrons. The normalized spacial score (nSPS) is 10.1. The Labute approximate surface area is 114 Å². The smallest absolute Gasteiger partial charge is 0.246 e. The number of carbonyl (C=O) groups is 3. The summed E-state index contributed by atoms with van der Waals surface area (Å²) in [6.07, 6.45) is 1.93. The molecule has 2 rings (SSSR count). The van der Waals surface area contributed by atoms with Gasteiger partial charge in [0.2, 0.25) is 5.91 Å². The number of amides is 1. The second kappa shape index (κ2) is 5.87. The molecule has 7 heteroatoms. The molecule has 0 aliphatic heterocycles. The highest BCUT2D eigenvalue weighted by Crippen LogP contribution is 2.11. The van der Waals surface area contributed by atoms with Gasteiger partial charge in [0.15, 0.2) is 12.1 Å². The number of nitrogens with zero attached hydrogens (tertiary/aromatic N) is 3. The number of hydrogen-bond donors (Lipinski definition) is 1. The monoisotopic (exact) mass is 272 g/mol. The fourth-order valence-electron chi connectivity index (χ4n) is 1.61. The number of rotatable bonds is 5. The molecule has 0 saturated carbocycles. The van der Waals surface area contributed by atoms with Crippen LogP contribution in [-0.2, 0) is 11.3 Å². The van der Waals surface area contributed by atoms with Crippen molar-refractivity contribution in [3.05, 3.63) is 41.7 Å². The van der Waals surface area contributed by atoms with Crippen LogP contribution in [0.4, 0.5) is 5.69 Å².